The molecule has 0 amide bonds. The molecule has 0 atom stereocenters. The fraction of sp³-hybridized carbons (Fsp3) is 0.0952. The van der Waals surface area contributed by atoms with Gasteiger partial charge in [-0.2, -0.15) is 0 Å². The van der Waals surface area contributed by atoms with E-state index in [-0.39, 0.29) is 0 Å². The molecule has 3 aromatic rings. The van der Waals surface area contributed by atoms with E-state index in [0.717, 1.165) is 22.7 Å². The third kappa shape index (κ3) is 4.85. The Morgan fingerprint density at radius 2 is 1.64 bits per heavy atom. The van der Waals surface area contributed by atoms with Crippen molar-refractivity contribution in [1.82, 2.24) is 0 Å². The summed E-state index contributed by atoms with van der Waals surface area (Å²) in [6, 6.07) is 22.9. The van der Waals surface area contributed by atoms with Gasteiger partial charge in [-0.1, -0.05) is 29.8 Å². The molecule has 3 aromatic carbocycles. The molecule has 126 valence electrons. The molecule has 0 aliphatic heterocycles. The van der Waals surface area contributed by atoms with Gasteiger partial charge in [-0.05, 0) is 67.1 Å². The summed E-state index contributed by atoms with van der Waals surface area (Å²) in [6.45, 7) is 2.52. The monoisotopic (exact) mass is 351 g/mol. The standard InChI is InChI=1S/C21H18ClNO2/c1-2-24-21-13-8-16(14-20(21)22)15-23-17-9-11-19(12-10-17)25-18-6-4-3-5-7-18/h3-15H,2H2,1H3. The van der Waals surface area contributed by atoms with Gasteiger partial charge in [-0.15, -0.1) is 0 Å². The van der Waals surface area contributed by atoms with E-state index in [1.165, 1.54) is 0 Å². The minimum atomic E-state index is 0.581. The van der Waals surface area contributed by atoms with Crippen molar-refractivity contribution in [2.45, 2.75) is 6.92 Å². The van der Waals surface area contributed by atoms with Gasteiger partial charge in [0.1, 0.15) is 17.2 Å². The molecular formula is C21H18ClNO2. The van der Waals surface area contributed by atoms with Gasteiger partial charge < -0.3 is 9.47 Å². The Labute approximate surface area is 152 Å². The Balaban J connectivity index is 1.66. The zero-order valence-electron chi connectivity index (χ0n) is 13.9. The molecule has 0 fully saturated rings. The molecule has 0 radical (unpaired) electrons. The number of hydrogen-bond donors (Lipinski definition) is 0. The molecule has 0 unspecified atom stereocenters. The molecule has 0 heterocycles. The third-order valence-electron chi connectivity index (χ3n) is 3.43. The smallest absolute Gasteiger partial charge is 0.137 e. The second-order valence-corrected chi connectivity index (χ2v) is 5.70. The lowest BCUT2D eigenvalue weighted by Crippen LogP contribution is -1.92. The van der Waals surface area contributed by atoms with Crippen LogP contribution < -0.4 is 9.47 Å². The van der Waals surface area contributed by atoms with Gasteiger partial charge in [0.05, 0.1) is 17.3 Å². The van der Waals surface area contributed by atoms with Gasteiger partial charge in [0, 0.05) is 6.21 Å². The molecule has 0 saturated heterocycles. The maximum Gasteiger partial charge on any atom is 0.137 e. The predicted molar refractivity (Wildman–Crippen MR) is 103 cm³/mol. The molecule has 0 saturated carbocycles. The number of ether oxygens (including phenoxy) is 2. The van der Waals surface area contributed by atoms with Crippen molar-refractivity contribution in [3.8, 4) is 17.2 Å². The van der Waals surface area contributed by atoms with Crippen molar-refractivity contribution in [3.63, 3.8) is 0 Å². The summed E-state index contributed by atoms with van der Waals surface area (Å²) in [5.74, 6) is 2.26. The fourth-order valence-corrected chi connectivity index (χ4v) is 2.49. The maximum atomic E-state index is 6.18. The quantitative estimate of drug-likeness (QED) is 0.489. The summed E-state index contributed by atoms with van der Waals surface area (Å²) in [7, 11) is 0. The molecular weight excluding hydrogens is 334 g/mol. The fourth-order valence-electron chi connectivity index (χ4n) is 2.24. The summed E-state index contributed by atoms with van der Waals surface area (Å²) < 4.78 is 11.2. The topological polar surface area (TPSA) is 30.8 Å². The lowest BCUT2D eigenvalue weighted by atomic mass is 10.2. The summed E-state index contributed by atoms with van der Waals surface area (Å²) in [5, 5.41) is 0.581. The van der Waals surface area contributed by atoms with Crippen molar-refractivity contribution >= 4 is 23.5 Å². The average Bonchev–Trinajstić information content (AvgIpc) is 2.64. The van der Waals surface area contributed by atoms with Crippen LogP contribution in [0.15, 0.2) is 77.8 Å². The van der Waals surface area contributed by atoms with Crippen molar-refractivity contribution < 1.29 is 9.47 Å². The van der Waals surface area contributed by atoms with Crippen LogP contribution in [-0.4, -0.2) is 12.8 Å². The lowest BCUT2D eigenvalue weighted by molar-refractivity contribution is 0.340. The van der Waals surface area contributed by atoms with E-state index in [2.05, 4.69) is 4.99 Å². The van der Waals surface area contributed by atoms with Crippen LogP contribution in [0.25, 0.3) is 0 Å². The first kappa shape index (κ1) is 17.1. The SMILES string of the molecule is CCOc1ccc(C=Nc2ccc(Oc3ccccc3)cc2)cc1Cl. The van der Waals surface area contributed by atoms with Crippen molar-refractivity contribution in [1.29, 1.82) is 0 Å². The van der Waals surface area contributed by atoms with Crippen LogP contribution in [0.2, 0.25) is 5.02 Å². The largest absolute Gasteiger partial charge is 0.492 e. The van der Waals surface area contributed by atoms with Crippen LogP contribution in [0.4, 0.5) is 5.69 Å². The van der Waals surface area contributed by atoms with Crippen molar-refractivity contribution in [3.05, 3.63) is 83.4 Å². The first-order chi connectivity index (χ1) is 12.2. The van der Waals surface area contributed by atoms with Crippen molar-refractivity contribution in [2.75, 3.05) is 6.61 Å². The van der Waals surface area contributed by atoms with Gasteiger partial charge in [-0.25, -0.2) is 0 Å². The molecule has 25 heavy (non-hydrogen) atoms. The van der Waals surface area contributed by atoms with Crippen LogP contribution >= 0.6 is 11.6 Å². The Morgan fingerprint density at radius 3 is 2.32 bits per heavy atom. The molecule has 0 aliphatic rings. The Bertz CT molecular complexity index is 846. The molecule has 0 aliphatic carbocycles. The third-order valence-corrected chi connectivity index (χ3v) is 3.73. The lowest BCUT2D eigenvalue weighted by Gasteiger charge is -2.06. The van der Waals surface area contributed by atoms with Gasteiger partial charge in [0.15, 0.2) is 0 Å². The van der Waals surface area contributed by atoms with E-state index in [0.29, 0.717) is 17.4 Å². The van der Waals surface area contributed by atoms with Gasteiger partial charge in [-0.3, -0.25) is 4.99 Å². The highest BCUT2D eigenvalue weighted by Gasteiger charge is 2.01. The zero-order chi connectivity index (χ0) is 17.5. The summed E-state index contributed by atoms with van der Waals surface area (Å²) in [4.78, 5) is 4.46. The molecule has 0 N–H and O–H groups in total. The van der Waals surface area contributed by atoms with Gasteiger partial charge in [0.25, 0.3) is 0 Å². The highest BCUT2D eigenvalue weighted by molar-refractivity contribution is 6.32. The van der Waals surface area contributed by atoms with Gasteiger partial charge in [0.2, 0.25) is 0 Å². The Morgan fingerprint density at radius 1 is 0.920 bits per heavy atom. The molecule has 4 heteroatoms. The van der Waals surface area contributed by atoms with Crippen LogP contribution in [0.1, 0.15) is 12.5 Å². The van der Waals surface area contributed by atoms with Crippen LogP contribution in [-0.2, 0) is 0 Å². The number of aliphatic imine (C=N–C) groups is 1. The second-order valence-electron chi connectivity index (χ2n) is 5.29. The Kier molecular flexibility index (Phi) is 5.70. The normalized spacial score (nSPS) is 10.8. The van der Waals surface area contributed by atoms with E-state index in [4.69, 9.17) is 21.1 Å². The number of halogens is 1. The van der Waals surface area contributed by atoms with Crippen LogP contribution in [0.5, 0.6) is 17.2 Å². The predicted octanol–water partition coefficient (Wildman–Crippen LogP) is 6.28. The molecule has 3 rings (SSSR count). The highest BCUT2D eigenvalue weighted by atomic mass is 35.5. The van der Waals surface area contributed by atoms with E-state index < -0.39 is 0 Å². The van der Waals surface area contributed by atoms with Crippen LogP contribution in [0.3, 0.4) is 0 Å². The molecule has 0 spiro atoms. The maximum absolute atomic E-state index is 6.18. The van der Waals surface area contributed by atoms with E-state index in [9.17, 15) is 0 Å². The van der Waals surface area contributed by atoms with Gasteiger partial charge >= 0.3 is 0 Å². The number of para-hydroxylation sites is 1. The molecule has 3 nitrogen and oxygen atoms in total. The minimum absolute atomic E-state index is 0.581. The second kappa shape index (κ2) is 8.36. The first-order valence-corrected chi connectivity index (χ1v) is 8.42. The molecule has 0 bridgehead atoms. The first-order valence-electron chi connectivity index (χ1n) is 8.04. The summed E-state index contributed by atoms with van der Waals surface area (Å²) in [5.41, 5.74) is 1.75. The highest BCUT2D eigenvalue weighted by Crippen LogP contribution is 2.26. The Hall–Kier alpha value is -2.78. The number of hydrogen-bond acceptors (Lipinski definition) is 3. The number of rotatable bonds is 6. The zero-order valence-corrected chi connectivity index (χ0v) is 14.6. The number of benzene rings is 3. The van der Waals surface area contributed by atoms with E-state index in [1.807, 2.05) is 79.7 Å². The van der Waals surface area contributed by atoms with E-state index >= 15 is 0 Å². The summed E-state index contributed by atoms with van der Waals surface area (Å²) in [6.07, 6.45) is 1.77. The minimum Gasteiger partial charge on any atom is -0.492 e. The number of nitrogens with zero attached hydrogens (tertiary/aromatic N) is 1. The van der Waals surface area contributed by atoms with Crippen LogP contribution in [0, 0.1) is 0 Å². The average molecular weight is 352 g/mol. The summed E-state index contributed by atoms with van der Waals surface area (Å²) >= 11 is 6.18. The van der Waals surface area contributed by atoms with E-state index in [1.54, 1.807) is 6.21 Å². The molecule has 0 aromatic heterocycles. The van der Waals surface area contributed by atoms with Crippen molar-refractivity contribution in [2.24, 2.45) is 4.99 Å².